The van der Waals surface area contributed by atoms with Crippen LogP contribution in [-0.4, -0.2) is 25.5 Å². The average Bonchev–Trinajstić information content (AvgIpc) is 3.14. The van der Waals surface area contributed by atoms with Crippen LogP contribution in [0.25, 0.3) is 16.7 Å². The Morgan fingerprint density at radius 1 is 1.18 bits per heavy atom. The van der Waals surface area contributed by atoms with E-state index in [2.05, 4.69) is 20.4 Å². The van der Waals surface area contributed by atoms with Crippen molar-refractivity contribution >= 4 is 28.7 Å². The van der Waals surface area contributed by atoms with E-state index in [4.69, 9.17) is 0 Å². The number of halogens is 1. The van der Waals surface area contributed by atoms with Crippen molar-refractivity contribution in [1.82, 2.24) is 19.7 Å². The van der Waals surface area contributed by atoms with E-state index < -0.39 is 0 Å². The Hall–Kier alpha value is -3.13. The van der Waals surface area contributed by atoms with E-state index in [-0.39, 0.29) is 17.4 Å². The number of hydrogen-bond acceptors (Lipinski definition) is 5. The Labute approximate surface area is 163 Å². The standard InChI is InChI=1S/C20H16FN5OS/c21-15-8-4-7-13-16(9-10-28-17(13)15)23-20-24-18-14(19(27)25-20)11-22-26(18)12-5-2-1-3-6-12/h1-8,11,16H,9-10H2,(H2,23,24,25,27). The summed E-state index contributed by atoms with van der Waals surface area (Å²) in [6.07, 6.45) is 2.32. The van der Waals surface area contributed by atoms with Gasteiger partial charge in [0.1, 0.15) is 11.2 Å². The molecule has 1 unspecified atom stereocenters. The Balaban J connectivity index is 1.56. The molecule has 6 nitrogen and oxygen atoms in total. The van der Waals surface area contributed by atoms with Crippen molar-refractivity contribution in [2.75, 3.05) is 11.1 Å². The molecule has 2 aromatic heterocycles. The third kappa shape index (κ3) is 2.86. The summed E-state index contributed by atoms with van der Waals surface area (Å²) >= 11 is 1.51. The normalized spacial score (nSPS) is 16.1. The lowest BCUT2D eigenvalue weighted by Crippen LogP contribution is -2.20. The van der Waals surface area contributed by atoms with Crippen molar-refractivity contribution < 1.29 is 4.39 Å². The summed E-state index contributed by atoms with van der Waals surface area (Å²) in [6, 6.07) is 14.5. The second-order valence-corrected chi connectivity index (χ2v) is 7.64. The third-order valence-corrected chi connectivity index (χ3v) is 5.93. The van der Waals surface area contributed by atoms with Crippen LogP contribution < -0.4 is 10.9 Å². The predicted molar refractivity (Wildman–Crippen MR) is 108 cm³/mol. The molecule has 2 aromatic carbocycles. The van der Waals surface area contributed by atoms with E-state index in [1.54, 1.807) is 10.7 Å². The summed E-state index contributed by atoms with van der Waals surface area (Å²) in [5.74, 6) is 0.926. The van der Waals surface area contributed by atoms with Crippen LogP contribution in [0.2, 0.25) is 0 Å². The van der Waals surface area contributed by atoms with Crippen LogP contribution in [0.4, 0.5) is 10.3 Å². The fourth-order valence-electron chi connectivity index (χ4n) is 3.45. The van der Waals surface area contributed by atoms with Crippen molar-refractivity contribution in [2.45, 2.75) is 17.4 Å². The predicted octanol–water partition coefficient (Wildman–Crippen LogP) is 3.90. The van der Waals surface area contributed by atoms with E-state index in [0.29, 0.717) is 21.9 Å². The first-order chi connectivity index (χ1) is 13.7. The van der Waals surface area contributed by atoms with Gasteiger partial charge in [0, 0.05) is 10.6 Å². The molecule has 8 heteroatoms. The Kier molecular flexibility index (Phi) is 4.12. The highest BCUT2D eigenvalue weighted by Gasteiger charge is 2.24. The SMILES string of the molecule is O=c1[nH]c(NC2CCSc3c(F)cccc32)nc2c1cnn2-c1ccccc1. The first-order valence-corrected chi connectivity index (χ1v) is 9.90. The molecule has 0 aliphatic carbocycles. The van der Waals surface area contributed by atoms with Crippen molar-refractivity contribution in [1.29, 1.82) is 0 Å². The van der Waals surface area contributed by atoms with E-state index in [1.165, 1.54) is 24.0 Å². The lowest BCUT2D eigenvalue weighted by Gasteiger charge is -2.26. The molecule has 140 valence electrons. The molecule has 1 atom stereocenters. The number of hydrogen-bond donors (Lipinski definition) is 2. The topological polar surface area (TPSA) is 75.6 Å². The number of rotatable bonds is 3. The summed E-state index contributed by atoms with van der Waals surface area (Å²) in [7, 11) is 0. The Morgan fingerprint density at radius 3 is 2.89 bits per heavy atom. The van der Waals surface area contributed by atoms with E-state index >= 15 is 0 Å². The lowest BCUT2D eigenvalue weighted by molar-refractivity contribution is 0.584. The summed E-state index contributed by atoms with van der Waals surface area (Å²) in [5, 5.41) is 8.01. The molecule has 2 N–H and O–H groups in total. The minimum Gasteiger partial charge on any atom is -0.349 e. The lowest BCUT2D eigenvalue weighted by atomic mass is 10.0. The first-order valence-electron chi connectivity index (χ1n) is 8.92. The van der Waals surface area contributed by atoms with Gasteiger partial charge in [-0.3, -0.25) is 9.78 Å². The number of anilines is 1. The Bertz CT molecular complexity index is 1220. The maximum Gasteiger partial charge on any atom is 0.263 e. The third-order valence-electron chi connectivity index (χ3n) is 4.78. The van der Waals surface area contributed by atoms with Crippen LogP contribution in [-0.2, 0) is 0 Å². The van der Waals surface area contributed by atoms with Crippen molar-refractivity contribution in [3.63, 3.8) is 0 Å². The van der Waals surface area contributed by atoms with Gasteiger partial charge in [-0.15, -0.1) is 11.8 Å². The van der Waals surface area contributed by atoms with Crippen molar-refractivity contribution in [3.05, 3.63) is 76.5 Å². The van der Waals surface area contributed by atoms with Gasteiger partial charge >= 0.3 is 0 Å². The van der Waals surface area contributed by atoms with Gasteiger partial charge in [-0.1, -0.05) is 30.3 Å². The maximum atomic E-state index is 14.1. The molecule has 1 aliphatic rings. The molecule has 0 bridgehead atoms. The fraction of sp³-hybridized carbons (Fsp3) is 0.150. The summed E-state index contributed by atoms with van der Waals surface area (Å²) in [6.45, 7) is 0. The molecule has 0 spiro atoms. The van der Waals surface area contributed by atoms with Gasteiger partial charge < -0.3 is 5.32 Å². The molecular weight excluding hydrogens is 377 g/mol. The number of aromatic nitrogens is 4. The first kappa shape index (κ1) is 17.0. The van der Waals surface area contributed by atoms with Gasteiger partial charge in [0.2, 0.25) is 5.95 Å². The summed E-state index contributed by atoms with van der Waals surface area (Å²) in [4.78, 5) is 20.6. The molecule has 0 fully saturated rings. The largest absolute Gasteiger partial charge is 0.349 e. The zero-order valence-electron chi connectivity index (χ0n) is 14.7. The molecule has 1 aliphatic heterocycles. The van der Waals surface area contributed by atoms with Crippen LogP contribution in [0.5, 0.6) is 0 Å². The number of nitrogens with zero attached hydrogens (tertiary/aromatic N) is 3. The zero-order chi connectivity index (χ0) is 19.1. The maximum absolute atomic E-state index is 14.1. The molecule has 4 aromatic rings. The van der Waals surface area contributed by atoms with Crippen LogP contribution in [0.3, 0.4) is 0 Å². The zero-order valence-corrected chi connectivity index (χ0v) is 15.5. The molecular formula is C20H16FN5OS. The molecule has 28 heavy (non-hydrogen) atoms. The number of fused-ring (bicyclic) bond motifs is 2. The number of benzene rings is 2. The van der Waals surface area contributed by atoms with Gasteiger partial charge in [0.05, 0.1) is 17.9 Å². The van der Waals surface area contributed by atoms with Crippen LogP contribution in [0, 0.1) is 5.82 Å². The van der Waals surface area contributed by atoms with E-state index in [1.807, 2.05) is 36.4 Å². The number of thioether (sulfide) groups is 1. The van der Waals surface area contributed by atoms with E-state index in [0.717, 1.165) is 23.4 Å². The molecule has 5 rings (SSSR count). The van der Waals surface area contributed by atoms with Crippen LogP contribution >= 0.6 is 11.8 Å². The molecule has 0 saturated heterocycles. The number of H-pyrrole nitrogens is 1. The average molecular weight is 393 g/mol. The van der Waals surface area contributed by atoms with Crippen LogP contribution in [0.15, 0.2) is 64.4 Å². The van der Waals surface area contributed by atoms with Crippen molar-refractivity contribution in [2.24, 2.45) is 0 Å². The molecule has 0 saturated carbocycles. The minimum atomic E-state index is -0.265. The van der Waals surface area contributed by atoms with Crippen molar-refractivity contribution in [3.8, 4) is 5.69 Å². The van der Waals surface area contributed by atoms with Crippen LogP contribution in [0.1, 0.15) is 18.0 Å². The highest BCUT2D eigenvalue weighted by Crippen LogP contribution is 2.38. The monoisotopic (exact) mass is 393 g/mol. The van der Waals surface area contributed by atoms with Gasteiger partial charge in [0.25, 0.3) is 5.56 Å². The summed E-state index contributed by atoms with van der Waals surface area (Å²) < 4.78 is 15.8. The second-order valence-electron chi connectivity index (χ2n) is 6.54. The van der Waals surface area contributed by atoms with Gasteiger partial charge in [-0.25, -0.2) is 9.07 Å². The van der Waals surface area contributed by atoms with Gasteiger partial charge in [-0.2, -0.15) is 10.1 Å². The Morgan fingerprint density at radius 2 is 2.04 bits per heavy atom. The quantitative estimate of drug-likeness (QED) is 0.552. The van der Waals surface area contributed by atoms with Gasteiger partial charge in [-0.05, 0) is 30.2 Å². The number of aromatic amines is 1. The number of para-hydroxylation sites is 1. The highest BCUT2D eigenvalue weighted by molar-refractivity contribution is 7.99. The second kappa shape index (κ2) is 6.79. The highest BCUT2D eigenvalue weighted by atomic mass is 32.2. The summed E-state index contributed by atoms with van der Waals surface area (Å²) in [5.41, 5.74) is 1.92. The molecule has 0 amide bonds. The molecule has 3 heterocycles. The molecule has 0 radical (unpaired) electrons. The van der Waals surface area contributed by atoms with E-state index in [9.17, 15) is 9.18 Å². The van der Waals surface area contributed by atoms with Gasteiger partial charge in [0.15, 0.2) is 5.65 Å². The fourth-order valence-corrected chi connectivity index (χ4v) is 4.59. The minimum absolute atomic E-state index is 0.124. The number of nitrogens with one attached hydrogen (secondary N) is 2. The smallest absolute Gasteiger partial charge is 0.263 e.